The Morgan fingerprint density at radius 2 is 1.96 bits per heavy atom. The summed E-state index contributed by atoms with van der Waals surface area (Å²) in [5, 5.41) is 8.40. The molecule has 0 radical (unpaired) electrons. The van der Waals surface area contributed by atoms with Crippen LogP contribution in [0.4, 0.5) is 0 Å². The van der Waals surface area contributed by atoms with Gasteiger partial charge in [-0.25, -0.2) is 9.97 Å². The molecule has 0 bridgehead atoms. The minimum atomic E-state index is -0.0828. The molecular weight excluding hydrogens is 370 g/mol. The lowest BCUT2D eigenvalue weighted by Gasteiger charge is -2.05. The molecule has 4 aromatic rings. The zero-order chi connectivity index (χ0) is 18.1. The van der Waals surface area contributed by atoms with E-state index in [4.69, 9.17) is 11.6 Å². The Morgan fingerprint density at radius 3 is 2.77 bits per heavy atom. The number of benzene rings is 1. The van der Waals surface area contributed by atoms with Crippen LogP contribution in [0.15, 0.2) is 58.5 Å². The average molecular weight is 384 g/mol. The molecule has 0 fully saturated rings. The summed E-state index contributed by atoms with van der Waals surface area (Å²) < 4.78 is 1.60. The minimum absolute atomic E-state index is 0.0828. The maximum absolute atomic E-state index is 12.3. The van der Waals surface area contributed by atoms with Crippen molar-refractivity contribution in [3.05, 3.63) is 75.3 Å². The van der Waals surface area contributed by atoms with Crippen LogP contribution in [0.2, 0.25) is 5.02 Å². The molecule has 0 saturated heterocycles. The number of pyridine rings is 1. The second-order valence-corrected chi connectivity index (χ2v) is 7.09. The van der Waals surface area contributed by atoms with Gasteiger partial charge in [-0.05, 0) is 43.3 Å². The topological polar surface area (TPSA) is 75.9 Å². The van der Waals surface area contributed by atoms with Gasteiger partial charge in [0.15, 0.2) is 5.82 Å². The molecule has 26 heavy (non-hydrogen) atoms. The fourth-order valence-corrected chi connectivity index (χ4v) is 3.44. The van der Waals surface area contributed by atoms with Crippen LogP contribution in [0.1, 0.15) is 11.4 Å². The van der Waals surface area contributed by atoms with Crippen molar-refractivity contribution in [3.63, 3.8) is 0 Å². The van der Waals surface area contributed by atoms with Gasteiger partial charge in [0.1, 0.15) is 5.65 Å². The Bertz CT molecular complexity index is 1140. The number of nitrogens with one attached hydrogen (secondary N) is 1. The van der Waals surface area contributed by atoms with E-state index in [0.29, 0.717) is 33.1 Å². The van der Waals surface area contributed by atoms with Crippen molar-refractivity contribution in [2.24, 2.45) is 0 Å². The van der Waals surface area contributed by atoms with E-state index in [9.17, 15) is 4.79 Å². The molecule has 3 aromatic heterocycles. The number of fused-ring (bicyclic) bond motifs is 1. The zero-order valence-corrected chi connectivity index (χ0v) is 15.4. The van der Waals surface area contributed by atoms with Crippen LogP contribution in [-0.2, 0) is 5.75 Å². The second kappa shape index (κ2) is 6.93. The zero-order valence-electron chi connectivity index (χ0n) is 13.8. The lowest BCUT2D eigenvalue weighted by atomic mass is 10.2. The predicted molar refractivity (Wildman–Crippen MR) is 103 cm³/mol. The first-order valence-electron chi connectivity index (χ1n) is 7.89. The molecule has 0 aliphatic carbocycles. The molecule has 4 rings (SSSR count). The van der Waals surface area contributed by atoms with E-state index in [2.05, 4.69) is 20.2 Å². The maximum Gasteiger partial charge on any atom is 0.258 e. The molecule has 1 aromatic carbocycles. The van der Waals surface area contributed by atoms with E-state index in [1.165, 1.54) is 11.8 Å². The molecule has 0 unspecified atom stereocenters. The van der Waals surface area contributed by atoms with Gasteiger partial charge in [-0.2, -0.15) is 0 Å². The van der Waals surface area contributed by atoms with Crippen molar-refractivity contribution in [1.29, 1.82) is 0 Å². The molecule has 0 aliphatic heterocycles. The van der Waals surface area contributed by atoms with Gasteiger partial charge in [-0.3, -0.25) is 14.3 Å². The highest BCUT2D eigenvalue weighted by Gasteiger charge is 2.09. The van der Waals surface area contributed by atoms with E-state index in [1.807, 2.05) is 37.3 Å². The first-order valence-corrected chi connectivity index (χ1v) is 9.26. The van der Waals surface area contributed by atoms with Crippen molar-refractivity contribution >= 4 is 29.0 Å². The van der Waals surface area contributed by atoms with Crippen LogP contribution < -0.4 is 5.56 Å². The number of thioether (sulfide) groups is 1. The first kappa shape index (κ1) is 16.8. The van der Waals surface area contributed by atoms with Gasteiger partial charge < -0.3 is 0 Å². The third kappa shape index (κ3) is 3.36. The third-order valence-electron chi connectivity index (χ3n) is 3.86. The Kier molecular flexibility index (Phi) is 4.48. The monoisotopic (exact) mass is 383 g/mol. The standard InChI is InChI=1S/C18H14ClN5OS/c1-11-3-2-4-15-20-14(9-16(25)24(11)15)10-26-18-21-17(22-23-18)12-5-7-13(19)8-6-12/h2-9H,10H2,1H3,(H,21,22,23). The number of halogens is 1. The summed E-state index contributed by atoms with van der Waals surface area (Å²) in [4.78, 5) is 21.3. The quantitative estimate of drug-likeness (QED) is 0.543. The molecule has 0 spiro atoms. The maximum atomic E-state index is 12.3. The molecule has 0 atom stereocenters. The van der Waals surface area contributed by atoms with Crippen LogP contribution in [0.3, 0.4) is 0 Å². The summed E-state index contributed by atoms with van der Waals surface area (Å²) in [6.45, 7) is 1.89. The van der Waals surface area contributed by atoms with E-state index in [0.717, 1.165) is 11.3 Å². The number of aromatic amines is 1. The molecular formula is C18H14ClN5OS. The van der Waals surface area contributed by atoms with Crippen LogP contribution >= 0.6 is 23.4 Å². The molecule has 0 amide bonds. The number of nitrogens with zero attached hydrogens (tertiary/aromatic N) is 4. The molecule has 130 valence electrons. The molecule has 8 heteroatoms. The molecule has 0 saturated carbocycles. The number of H-pyrrole nitrogens is 1. The van der Waals surface area contributed by atoms with Crippen molar-refractivity contribution in [1.82, 2.24) is 24.6 Å². The lowest BCUT2D eigenvalue weighted by Crippen LogP contribution is -2.17. The van der Waals surface area contributed by atoms with Crippen molar-refractivity contribution in [3.8, 4) is 11.4 Å². The van der Waals surface area contributed by atoms with Gasteiger partial charge in [-0.1, -0.05) is 29.4 Å². The molecule has 6 nitrogen and oxygen atoms in total. The van der Waals surface area contributed by atoms with Crippen molar-refractivity contribution < 1.29 is 0 Å². The highest BCUT2D eigenvalue weighted by molar-refractivity contribution is 7.98. The van der Waals surface area contributed by atoms with Crippen LogP contribution in [0.25, 0.3) is 17.0 Å². The van der Waals surface area contributed by atoms with Crippen LogP contribution in [0, 0.1) is 6.92 Å². The molecule has 0 aliphatic rings. The summed E-state index contributed by atoms with van der Waals surface area (Å²) in [7, 11) is 0. The molecule has 3 heterocycles. The highest BCUT2D eigenvalue weighted by atomic mass is 35.5. The normalized spacial score (nSPS) is 11.2. The largest absolute Gasteiger partial charge is 0.269 e. The van der Waals surface area contributed by atoms with Crippen LogP contribution in [0.5, 0.6) is 0 Å². The number of aromatic nitrogens is 5. The summed E-state index contributed by atoms with van der Waals surface area (Å²) in [6, 6.07) is 14.5. The smallest absolute Gasteiger partial charge is 0.258 e. The summed E-state index contributed by atoms with van der Waals surface area (Å²) in [6.07, 6.45) is 0. The summed E-state index contributed by atoms with van der Waals surface area (Å²) in [5.41, 5.74) is 3.03. The average Bonchev–Trinajstić information content (AvgIpc) is 3.09. The van der Waals surface area contributed by atoms with Crippen molar-refractivity contribution in [2.75, 3.05) is 0 Å². The van der Waals surface area contributed by atoms with Gasteiger partial charge in [0.05, 0.1) is 5.69 Å². The summed E-state index contributed by atoms with van der Waals surface area (Å²) >= 11 is 7.32. The number of hydrogen-bond donors (Lipinski definition) is 1. The third-order valence-corrected chi connectivity index (χ3v) is 5.00. The highest BCUT2D eigenvalue weighted by Crippen LogP contribution is 2.22. The first-order chi connectivity index (χ1) is 12.6. The SMILES string of the molecule is Cc1cccc2nc(CSc3n[nH]c(-c4ccc(Cl)cc4)n3)cc(=O)n12. The van der Waals surface area contributed by atoms with Crippen LogP contribution in [-0.4, -0.2) is 24.6 Å². The fraction of sp³-hybridized carbons (Fsp3) is 0.111. The van der Waals surface area contributed by atoms with Crippen molar-refractivity contribution in [2.45, 2.75) is 17.8 Å². The summed E-state index contributed by atoms with van der Waals surface area (Å²) in [5.74, 6) is 1.18. The Balaban J connectivity index is 1.54. The number of aryl methyl sites for hydroxylation is 1. The Labute approximate surface area is 158 Å². The lowest BCUT2D eigenvalue weighted by molar-refractivity contribution is 0.958. The van der Waals surface area contributed by atoms with E-state index in [-0.39, 0.29) is 5.56 Å². The van der Waals surface area contributed by atoms with E-state index >= 15 is 0 Å². The van der Waals surface area contributed by atoms with Gasteiger partial charge in [-0.15, -0.1) is 5.10 Å². The second-order valence-electron chi connectivity index (χ2n) is 5.71. The molecule has 1 N–H and O–H groups in total. The van der Waals surface area contributed by atoms with E-state index < -0.39 is 0 Å². The van der Waals surface area contributed by atoms with Gasteiger partial charge >= 0.3 is 0 Å². The predicted octanol–water partition coefficient (Wildman–Crippen LogP) is 3.73. The van der Waals surface area contributed by atoms with Gasteiger partial charge in [0, 0.05) is 28.1 Å². The van der Waals surface area contributed by atoms with Gasteiger partial charge in [0.2, 0.25) is 5.16 Å². The fourth-order valence-electron chi connectivity index (χ4n) is 2.62. The minimum Gasteiger partial charge on any atom is -0.269 e. The van der Waals surface area contributed by atoms with Gasteiger partial charge in [0.25, 0.3) is 5.56 Å². The Morgan fingerprint density at radius 1 is 1.15 bits per heavy atom. The number of hydrogen-bond acceptors (Lipinski definition) is 5. The number of rotatable bonds is 4. The Hall–Kier alpha value is -2.64. The van der Waals surface area contributed by atoms with E-state index in [1.54, 1.807) is 22.6 Å².